The number of fused-ring (bicyclic) bond motifs is 1. The van der Waals surface area contributed by atoms with Crippen LogP contribution < -0.4 is 4.90 Å². The molecule has 104 valence electrons. The van der Waals surface area contributed by atoms with Crippen LogP contribution in [0.2, 0.25) is 0 Å². The lowest BCUT2D eigenvalue weighted by Gasteiger charge is -2.20. The molecule has 3 rings (SSSR count). The van der Waals surface area contributed by atoms with Crippen LogP contribution in [-0.4, -0.2) is 23.3 Å². The molecule has 2 heterocycles. The number of nitrogens with zero attached hydrogens (tertiary/aromatic N) is 3. The van der Waals surface area contributed by atoms with E-state index in [1.807, 2.05) is 60.6 Å². The monoisotopic (exact) mass is 277 g/mol. The second-order valence-electron chi connectivity index (χ2n) is 4.93. The topological polar surface area (TPSA) is 46.1 Å². The Morgan fingerprint density at radius 2 is 2.05 bits per heavy atom. The highest BCUT2D eigenvalue weighted by atomic mass is 16.1. The first kappa shape index (κ1) is 13.2. The van der Waals surface area contributed by atoms with E-state index in [0.717, 1.165) is 22.8 Å². The lowest BCUT2D eigenvalue weighted by atomic mass is 10.1. The summed E-state index contributed by atoms with van der Waals surface area (Å²) in [7, 11) is 1.93. The highest BCUT2D eigenvalue weighted by Crippen LogP contribution is 2.22. The van der Waals surface area contributed by atoms with Crippen molar-refractivity contribution in [3.63, 3.8) is 0 Å². The lowest BCUT2D eigenvalue weighted by Crippen LogP contribution is -2.19. The molecule has 4 heteroatoms. The number of hydrogen-bond donors (Lipinski definition) is 0. The van der Waals surface area contributed by atoms with Gasteiger partial charge in [-0.05, 0) is 23.8 Å². The Bertz CT molecular complexity index is 771. The molecule has 0 radical (unpaired) electrons. The molecule has 0 aliphatic rings. The number of para-hydroxylation sites is 1. The summed E-state index contributed by atoms with van der Waals surface area (Å²) in [6, 6.07) is 13.6. The summed E-state index contributed by atoms with van der Waals surface area (Å²) in [5.41, 5.74) is 2.56. The lowest BCUT2D eigenvalue weighted by molar-refractivity contribution is 0.112. The Hall–Kier alpha value is -2.75. The smallest absolute Gasteiger partial charge is 0.153 e. The number of aldehydes is 1. The zero-order chi connectivity index (χ0) is 14.7. The minimum atomic E-state index is 0.597. The molecular weight excluding hydrogens is 262 g/mol. The number of carbonyl (C=O) groups is 1. The molecule has 4 nitrogen and oxygen atoms in total. The van der Waals surface area contributed by atoms with E-state index in [1.54, 1.807) is 6.20 Å². The van der Waals surface area contributed by atoms with Crippen molar-refractivity contribution in [3.8, 4) is 0 Å². The van der Waals surface area contributed by atoms with Crippen molar-refractivity contribution in [1.82, 2.24) is 9.97 Å². The van der Waals surface area contributed by atoms with Gasteiger partial charge in [0.05, 0.1) is 11.1 Å². The Morgan fingerprint density at radius 3 is 2.81 bits per heavy atom. The maximum absolute atomic E-state index is 11.3. The van der Waals surface area contributed by atoms with E-state index >= 15 is 0 Å². The van der Waals surface area contributed by atoms with Gasteiger partial charge >= 0.3 is 0 Å². The van der Waals surface area contributed by atoms with E-state index in [0.29, 0.717) is 17.9 Å². The number of anilines is 1. The fourth-order valence-electron chi connectivity index (χ4n) is 2.35. The largest absolute Gasteiger partial charge is 0.355 e. The van der Waals surface area contributed by atoms with E-state index in [4.69, 9.17) is 0 Å². The van der Waals surface area contributed by atoms with E-state index in [1.165, 1.54) is 0 Å². The Morgan fingerprint density at radius 1 is 1.19 bits per heavy atom. The molecule has 0 bridgehead atoms. The third-order valence-electron chi connectivity index (χ3n) is 3.36. The molecule has 0 saturated carbocycles. The quantitative estimate of drug-likeness (QED) is 0.687. The van der Waals surface area contributed by atoms with Crippen molar-refractivity contribution in [2.75, 3.05) is 11.9 Å². The van der Waals surface area contributed by atoms with E-state index in [2.05, 4.69) is 9.97 Å². The number of rotatable bonds is 4. The van der Waals surface area contributed by atoms with Crippen LogP contribution in [0.3, 0.4) is 0 Å². The standard InChI is InChI=1S/C17H15N3O/c1-20(11-13-5-4-8-18-10-13)17-15(12-21)9-14-6-2-3-7-16(14)19-17/h2-10,12H,11H2,1H3. The van der Waals surface area contributed by atoms with E-state index < -0.39 is 0 Å². The van der Waals surface area contributed by atoms with Crippen molar-refractivity contribution in [1.29, 1.82) is 0 Å². The van der Waals surface area contributed by atoms with Gasteiger partial charge in [0.1, 0.15) is 5.82 Å². The second kappa shape index (κ2) is 5.71. The van der Waals surface area contributed by atoms with Crippen LogP contribution in [-0.2, 0) is 6.54 Å². The van der Waals surface area contributed by atoms with Gasteiger partial charge in [-0.3, -0.25) is 9.78 Å². The molecule has 1 aromatic carbocycles. The summed E-state index contributed by atoms with van der Waals surface area (Å²) in [6.07, 6.45) is 4.42. The summed E-state index contributed by atoms with van der Waals surface area (Å²) in [4.78, 5) is 22.0. The SMILES string of the molecule is CN(Cc1cccnc1)c1nc2ccccc2cc1C=O. The van der Waals surface area contributed by atoms with Crippen molar-refractivity contribution in [2.24, 2.45) is 0 Å². The summed E-state index contributed by atoms with van der Waals surface area (Å²) in [6.45, 7) is 0.653. The molecule has 0 N–H and O–H groups in total. The maximum Gasteiger partial charge on any atom is 0.153 e. The van der Waals surface area contributed by atoms with Gasteiger partial charge in [0, 0.05) is 31.4 Å². The Balaban J connectivity index is 2.00. The summed E-state index contributed by atoms with van der Waals surface area (Å²) >= 11 is 0. The van der Waals surface area contributed by atoms with Crippen molar-refractivity contribution in [3.05, 3.63) is 66.0 Å². The maximum atomic E-state index is 11.3. The summed E-state index contributed by atoms with van der Waals surface area (Å²) < 4.78 is 0. The van der Waals surface area contributed by atoms with Crippen molar-refractivity contribution < 1.29 is 4.79 Å². The molecular formula is C17H15N3O. The van der Waals surface area contributed by atoms with Crippen LogP contribution in [0.1, 0.15) is 15.9 Å². The van der Waals surface area contributed by atoms with Crippen LogP contribution >= 0.6 is 0 Å². The molecule has 0 amide bonds. The number of aromatic nitrogens is 2. The Labute approximate surface area is 123 Å². The van der Waals surface area contributed by atoms with Gasteiger partial charge in [-0.1, -0.05) is 24.3 Å². The fraction of sp³-hybridized carbons (Fsp3) is 0.118. The first-order valence-electron chi connectivity index (χ1n) is 6.73. The minimum absolute atomic E-state index is 0.597. The van der Waals surface area contributed by atoms with Crippen LogP contribution in [0.4, 0.5) is 5.82 Å². The zero-order valence-corrected chi connectivity index (χ0v) is 11.7. The molecule has 0 fully saturated rings. The third-order valence-corrected chi connectivity index (χ3v) is 3.36. The highest BCUT2D eigenvalue weighted by Gasteiger charge is 2.11. The van der Waals surface area contributed by atoms with Crippen LogP contribution in [0.25, 0.3) is 10.9 Å². The van der Waals surface area contributed by atoms with Crippen LogP contribution in [0.15, 0.2) is 54.9 Å². The number of hydrogen-bond acceptors (Lipinski definition) is 4. The Kier molecular flexibility index (Phi) is 3.60. The molecule has 3 aromatic rings. The van der Waals surface area contributed by atoms with Gasteiger partial charge in [-0.15, -0.1) is 0 Å². The first-order chi connectivity index (χ1) is 10.3. The highest BCUT2D eigenvalue weighted by molar-refractivity contribution is 5.91. The minimum Gasteiger partial charge on any atom is -0.355 e. The predicted octanol–water partition coefficient (Wildman–Crippen LogP) is 3.08. The molecule has 0 spiro atoms. The first-order valence-corrected chi connectivity index (χ1v) is 6.73. The molecule has 0 unspecified atom stereocenters. The molecule has 0 aliphatic carbocycles. The van der Waals surface area contributed by atoms with E-state index in [9.17, 15) is 4.79 Å². The predicted molar refractivity (Wildman–Crippen MR) is 83.5 cm³/mol. The van der Waals surface area contributed by atoms with Crippen molar-refractivity contribution in [2.45, 2.75) is 6.54 Å². The number of carbonyl (C=O) groups excluding carboxylic acids is 1. The fourth-order valence-corrected chi connectivity index (χ4v) is 2.35. The zero-order valence-electron chi connectivity index (χ0n) is 11.7. The second-order valence-corrected chi connectivity index (χ2v) is 4.93. The molecule has 0 saturated heterocycles. The summed E-state index contributed by atoms with van der Waals surface area (Å²) in [5.74, 6) is 0.688. The molecule has 0 aliphatic heterocycles. The average molecular weight is 277 g/mol. The number of pyridine rings is 2. The van der Waals surface area contributed by atoms with Gasteiger partial charge in [-0.2, -0.15) is 0 Å². The molecule has 0 atom stereocenters. The third kappa shape index (κ3) is 2.74. The van der Waals surface area contributed by atoms with Gasteiger partial charge in [0.2, 0.25) is 0 Å². The average Bonchev–Trinajstić information content (AvgIpc) is 2.54. The van der Waals surface area contributed by atoms with Gasteiger partial charge in [-0.25, -0.2) is 4.98 Å². The number of benzene rings is 1. The van der Waals surface area contributed by atoms with E-state index in [-0.39, 0.29) is 0 Å². The van der Waals surface area contributed by atoms with Crippen LogP contribution in [0.5, 0.6) is 0 Å². The molecule has 2 aromatic heterocycles. The normalized spacial score (nSPS) is 10.5. The van der Waals surface area contributed by atoms with Crippen molar-refractivity contribution >= 4 is 23.0 Å². The van der Waals surface area contributed by atoms with Crippen LogP contribution in [0, 0.1) is 0 Å². The van der Waals surface area contributed by atoms with Gasteiger partial charge < -0.3 is 4.90 Å². The molecule has 21 heavy (non-hydrogen) atoms. The van der Waals surface area contributed by atoms with Gasteiger partial charge in [0.25, 0.3) is 0 Å². The summed E-state index contributed by atoms with van der Waals surface area (Å²) in [5, 5.41) is 0.970. The van der Waals surface area contributed by atoms with Gasteiger partial charge in [0.15, 0.2) is 6.29 Å².